The van der Waals surface area contributed by atoms with Gasteiger partial charge >= 0.3 is 0 Å². The zero-order chi connectivity index (χ0) is 13.1. The summed E-state index contributed by atoms with van der Waals surface area (Å²) in [6.45, 7) is 2.75. The fraction of sp³-hybridized carbons (Fsp3) is 0.500. The second kappa shape index (κ2) is 5.48. The van der Waals surface area contributed by atoms with Crippen LogP contribution in [-0.2, 0) is 4.74 Å². The van der Waals surface area contributed by atoms with Gasteiger partial charge in [0.15, 0.2) is 5.75 Å². The number of carbonyl (C=O) groups excluding carboxylic acids is 1. The summed E-state index contributed by atoms with van der Waals surface area (Å²) in [7, 11) is 0. The molecule has 0 spiro atoms. The fourth-order valence-electron chi connectivity index (χ4n) is 2.47. The van der Waals surface area contributed by atoms with Crippen molar-refractivity contribution in [3.63, 3.8) is 0 Å². The predicted molar refractivity (Wildman–Crippen MR) is 71.7 cm³/mol. The van der Waals surface area contributed by atoms with Crippen LogP contribution in [0, 0.1) is 0 Å². The highest BCUT2D eigenvalue weighted by Crippen LogP contribution is 2.31. The highest BCUT2D eigenvalue weighted by Gasteiger charge is 2.22. The van der Waals surface area contributed by atoms with E-state index in [9.17, 15) is 4.79 Å². The lowest BCUT2D eigenvalue weighted by Crippen LogP contribution is -2.40. The Bertz CT molecular complexity index is 470. The van der Waals surface area contributed by atoms with Gasteiger partial charge < -0.3 is 20.1 Å². The molecule has 1 aromatic carbocycles. The molecular formula is C14H18N2O3. The molecular weight excluding hydrogens is 244 g/mol. The second-order valence-corrected chi connectivity index (χ2v) is 4.85. The van der Waals surface area contributed by atoms with Crippen LogP contribution < -0.4 is 15.4 Å². The van der Waals surface area contributed by atoms with Crippen LogP contribution in [0.2, 0.25) is 0 Å². The summed E-state index contributed by atoms with van der Waals surface area (Å²) >= 11 is 0. The van der Waals surface area contributed by atoms with Gasteiger partial charge in [-0.05, 0) is 25.0 Å². The molecule has 102 valence electrons. The summed E-state index contributed by atoms with van der Waals surface area (Å²) in [5.41, 5.74) is 1.48. The molecule has 5 nitrogen and oxygen atoms in total. The lowest BCUT2D eigenvalue weighted by molar-refractivity contribution is 0.0622. The van der Waals surface area contributed by atoms with Crippen molar-refractivity contribution in [2.45, 2.75) is 18.9 Å². The molecule has 1 aromatic rings. The Morgan fingerprint density at radius 1 is 1.37 bits per heavy atom. The van der Waals surface area contributed by atoms with E-state index in [1.165, 1.54) is 0 Å². The van der Waals surface area contributed by atoms with E-state index in [2.05, 4.69) is 10.6 Å². The maximum absolute atomic E-state index is 12.3. The Balaban J connectivity index is 1.75. The molecule has 0 aromatic heterocycles. The summed E-state index contributed by atoms with van der Waals surface area (Å²) in [6.07, 6.45) is 1.97. The van der Waals surface area contributed by atoms with Gasteiger partial charge in [-0.2, -0.15) is 0 Å². The van der Waals surface area contributed by atoms with Crippen LogP contribution in [0.25, 0.3) is 0 Å². The highest BCUT2D eigenvalue weighted by atomic mass is 16.5. The van der Waals surface area contributed by atoms with E-state index in [0.29, 0.717) is 24.5 Å². The van der Waals surface area contributed by atoms with E-state index < -0.39 is 0 Å². The molecule has 2 heterocycles. The van der Waals surface area contributed by atoms with Gasteiger partial charge in [0.25, 0.3) is 5.91 Å². The zero-order valence-electron chi connectivity index (χ0n) is 10.8. The molecule has 1 amide bonds. The van der Waals surface area contributed by atoms with Crippen LogP contribution in [0.15, 0.2) is 18.2 Å². The summed E-state index contributed by atoms with van der Waals surface area (Å²) in [4.78, 5) is 12.3. The van der Waals surface area contributed by atoms with Crippen molar-refractivity contribution in [1.82, 2.24) is 5.32 Å². The van der Waals surface area contributed by atoms with Gasteiger partial charge in [0.1, 0.15) is 6.61 Å². The Labute approximate surface area is 112 Å². The summed E-state index contributed by atoms with van der Waals surface area (Å²) in [5, 5.41) is 6.25. The number of benzene rings is 1. The lowest BCUT2D eigenvalue weighted by Gasteiger charge is -2.25. The molecule has 1 saturated heterocycles. The highest BCUT2D eigenvalue weighted by molar-refractivity contribution is 5.99. The quantitative estimate of drug-likeness (QED) is 0.846. The van der Waals surface area contributed by atoms with Gasteiger partial charge in [0, 0.05) is 13.2 Å². The standard InChI is InChI=1S/C14H18N2O3/c17-14(16-10-3-2-7-18-9-10)11-4-1-5-12-13(11)19-8-6-15-12/h1,4-5,10,15H,2-3,6-9H2,(H,16,17). The number of hydrogen-bond donors (Lipinski definition) is 2. The van der Waals surface area contributed by atoms with Crippen molar-refractivity contribution in [3.05, 3.63) is 23.8 Å². The van der Waals surface area contributed by atoms with E-state index in [-0.39, 0.29) is 11.9 Å². The van der Waals surface area contributed by atoms with Crippen molar-refractivity contribution in [3.8, 4) is 5.75 Å². The third-order valence-corrected chi connectivity index (χ3v) is 3.42. The third kappa shape index (κ3) is 2.66. The van der Waals surface area contributed by atoms with Crippen molar-refractivity contribution >= 4 is 11.6 Å². The molecule has 2 N–H and O–H groups in total. The second-order valence-electron chi connectivity index (χ2n) is 4.85. The molecule has 5 heteroatoms. The summed E-state index contributed by atoms with van der Waals surface area (Å²) in [5.74, 6) is 0.569. The molecule has 3 rings (SSSR count). The fourth-order valence-corrected chi connectivity index (χ4v) is 2.47. The van der Waals surface area contributed by atoms with Gasteiger partial charge in [-0.25, -0.2) is 0 Å². The first-order valence-electron chi connectivity index (χ1n) is 6.73. The van der Waals surface area contributed by atoms with Crippen molar-refractivity contribution in [2.75, 3.05) is 31.7 Å². The Kier molecular flexibility index (Phi) is 3.55. The minimum Gasteiger partial charge on any atom is -0.489 e. The number of hydrogen-bond acceptors (Lipinski definition) is 4. The lowest BCUT2D eigenvalue weighted by atomic mass is 10.1. The smallest absolute Gasteiger partial charge is 0.255 e. The topological polar surface area (TPSA) is 59.6 Å². The minimum atomic E-state index is -0.0870. The number of para-hydroxylation sites is 1. The largest absolute Gasteiger partial charge is 0.489 e. The van der Waals surface area contributed by atoms with E-state index in [1.807, 2.05) is 12.1 Å². The SMILES string of the molecule is O=C(NC1CCCOC1)c1cccc2c1OCCN2. The van der Waals surface area contributed by atoms with Crippen molar-refractivity contribution < 1.29 is 14.3 Å². The van der Waals surface area contributed by atoms with Gasteiger partial charge in [0.2, 0.25) is 0 Å². The maximum atomic E-state index is 12.3. The zero-order valence-corrected chi connectivity index (χ0v) is 10.8. The van der Waals surface area contributed by atoms with Crippen LogP contribution in [-0.4, -0.2) is 38.3 Å². The molecule has 0 aliphatic carbocycles. The van der Waals surface area contributed by atoms with E-state index in [0.717, 1.165) is 31.7 Å². The predicted octanol–water partition coefficient (Wildman–Crippen LogP) is 1.40. The first-order chi connectivity index (χ1) is 9.34. The van der Waals surface area contributed by atoms with E-state index in [1.54, 1.807) is 6.07 Å². The normalized spacial score (nSPS) is 21.8. The third-order valence-electron chi connectivity index (χ3n) is 3.42. The van der Waals surface area contributed by atoms with Gasteiger partial charge in [0.05, 0.1) is 23.9 Å². The Morgan fingerprint density at radius 2 is 2.32 bits per heavy atom. The first kappa shape index (κ1) is 12.3. The van der Waals surface area contributed by atoms with Crippen molar-refractivity contribution in [2.24, 2.45) is 0 Å². The summed E-state index contributed by atoms with van der Waals surface area (Å²) < 4.78 is 11.0. The molecule has 1 atom stereocenters. The number of ether oxygens (including phenoxy) is 2. The molecule has 2 aliphatic heterocycles. The average molecular weight is 262 g/mol. The minimum absolute atomic E-state index is 0.0870. The number of anilines is 1. The Hall–Kier alpha value is -1.75. The van der Waals surface area contributed by atoms with Gasteiger partial charge in [-0.3, -0.25) is 4.79 Å². The van der Waals surface area contributed by atoms with Gasteiger partial charge in [-0.1, -0.05) is 6.07 Å². The maximum Gasteiger partial charge on any atom is 0.255 e. The van der Waals surface area contributed by atoms with Gasteiger partial charge in [-0.15, -0.1) is 0 Å². The molecule has 0 radical (unpaired) electrons. The molecule has 2 aliphatic rings. The molecule has 0 saturated carbocycles. The number of rotatable bonds is 2. The molecule has 0 bridgehead atoms. The Morgan fingerprint density at radius 3 is 3.16 bits per heavy atom. The summed E-state index contributed by atoms with van der Waals surface area (Å²) in [6, 6.07) is 5.70. The number of nitrogens with one attached hydrogen (secondary N) is 2. The molecule has 1 unspecified atom stereocenters. The average Bonchev–Trinajstić information content (AvgIpc) is 2.47. The van der Waals surface area contributed by atoms with E-state index >= 15 is 0 Å². The number of carbonyl (C=O) groups is 1. The monoisotopic (exact) mass is 262 g/mol. The van der Waals surface area contributed by atoms with Crippen LogP contribution in [0.5, 0.6) is 5.75 Å². The van der Waals surface area contributed by atoms with E-state index in [4.69, 9.17) is 9.47 Å². The number of fused-ring (bicyclic) bond motifs is 1. The number of amides is 1. The molecule has 1 fully saturated rings. The van der Waals surface area contributed by atoms with Crippen molar-refractivity contribution in [1.29, 1.82) is 0 Å². The van der Waals surface area contributed by atoms with Crippen LogP contribution in [0.1, 0.15) is 23.2 Å². The van der Waals surface area contributed by atoms with Crippen LogP contribution in [0.3, 0.4) is 0 Å². The molecule has 19 heavy (non-hydrogen) atoms. The van der Waals surface area contributed by atoms with Crippen LogP contribution >= 0.6 is 0 Å². The first-order valence-corrected chi connectivity index (χ1v) is 6.73. The van der Waals surface area contributed by atoms with Crippen LogP contribution in [0.4, 0.5) is 5.69 Å².